The molecule has 2 aliphatic carbocycles. The first-order valence-corrected chi connectivity index (χ1v) is 22.6. The highest BCUT2D eigenvalue weighted by molar-refractivity contribution is 6.07. The fourth-order valence-corrected chi connectivity index (χ4v) is 9.86. The van der Waals surface area contributed by atoms with Crippen LogP contribution in [-0.4, -0.2) is 127 Å². The summed E-state index contributed by atoms with van der Waals surface area (Å²) >= 11 is 0. The van der Waals surface area contributed by atoms with Crippen LogP contribution in [-0.2, 0) is 66.8 Å². The standard InChI is InChI=1S/C23H26N6O5.C15H15N3O6.C8H13N3.2CH4/c1-24-21(32)26-15-5-6-16-14(12-15)7-8-23(16)20(31)29(22(33)34-23)13-18(30)28-10-3-4-17(28)19-25-9-11-27(19)2;1-16-13(22)17-9-2-3-10-8(6-9)4-5-15(10)12(21)18(7-11(19)20)14(23)24-15;1-11-6-5-10-8(11)7-3-2-4-9-7;;/h5-6,9,11-12,17H,3-4,7-8,10,13H2,1-2H3,(H2,24,26,32);2-3,6H,4-5,7H2,1H3,(H,19,20)(H2,16,17,22);5-7,9H,2-4H2,1H3;2*1H4/t17?,23-;15-;;;/m11.../s1. The van der Waals surface area contributed by atoms with E-state index in [9.17, 15) is 38.4 Å². The van der Waals surface area contributed by atoms with Crippen LogP contribution in [0.4, 0.5) is 30.6 Å². The summed E-state index contributed by atoms with van der Waals surface area (Å²) in [5.41, 5.74) is 0.930. The van der Waals surface area contributed by atoms with Crippen LogP contribution in [0.3, 0.4) is 0 Å². The number of rotatable bonds is 8. The molecular formula is C48H62N12O11. The number of urea groups is 2. The van der Waals surface area contributed by atoms with E-state index in [1.165, 1.54) is 32.8 Å². The molecule has 2 spiro atoms. The van der Waals surface area contributed by atoms with Crippen LogP contribution in [0, 0.1) is 0 Å². The quantitative estimate of drug-likeness (QED) is 0.143. The van der Waals surface area contributed by atoms with Gasteiger partial charge in [0.2, 0.25) is 17.1 Å². The zero-order chi connectivity index (χ0) is 49.2. The van der Waals surface area contributed by atoms with Gasteiger partial charge in [0.1, 0.15) is 24.7 Å². The van der Waals surface area contributed by atoms with Gasteiger partial charge in [-0.05, 0) is 80.5 Å². The van der Waals surface area contributed by atoms with Gasteiger partial charge < -0.3 is 55.2 Å². The van der Waals surface area contributed by atoms with E-state index in [2.05, 4.69) is 41.1 Å². The van der Waals surface area contributed by atoms with Gasteiger partial charge in [0, 0.05) is 94.9 Å². The Morgan fingerprint density at radius 3 is 1.69 bits per heavy atom. The summed E-state index contributed by atoms with van der Waals surface area (Å²) in [7, 11) is 6.93. The fourth-order valence-electron chi connectivity index (χ4n) is 9.86. The Kier molecular flexibility index (Phi) is 15.9. The summed E-state index contributed by atoms with van der Waals surface area (Å²) in [5, 5.41) is 22.5. The number of imide groups is 2. The van der Waals surface area contributed by atoms with Gasteiger partial charge >= 0.3 is 30.2 Å². The van der Waals surface area contributed by atoms with Crippen molar-refractivity contribution in [2.75, 3.05) is 50.9 Å². The Hall–Kier alpha value is -7.82. The van der Waals surface area contributed by atoms with Gasteiger partial charge in [0.25, 0.3) is 11.8 Å². The number of carbonyl (C=O) groups excluding carboxylic acids is 7. The summed E-state index contributed by atoms with van der Waals surface area (Å²) in [6.07, 6.45) is 11.2. The molecule has 0 radical (unpaired) electrons. The second-order valence-corrected chi connectivity index (χ2v) is 17.4. The van der Waals surface area contributed by atoms with Gasteiger partial charge in [-0.25, -0.2) is 38.9 Å². The van der Waals surface area contributed by atoms with E-state index in [4.69, 9.17) is 14.6 Å². The predicted octanol–water partition coefficient (Wildman–Crippen LogP) is 4.42. The second kappa shape index (κ2) is 21.4. The van der Waals surface area contributed by atoms with Gasteiger partial charge in [-0.1, -0.05) is 27.0 Å². The maximum atomic E-state index is 13.4. The second-order valence-electron chi connectivity index (χ2n) is 17.4. The maximum Gasteiger partial charge on any atom is 0.418 e. The summed E-state index contributed by atoms with van der Waals surface area (Å²) in [5.74, 6) is -0.840. The zero-order valence-corrected chi connectivity index (χ0v) is 38.6. The molecule has 0 bridgehead atoms. The van der Waals surface area contributed by atoms with E-state index in [0.29, 0.717) is 59.3 Å². The molecule has 4 atom stereocenters. The molecule has 380 valence electrons. The van der Waals surface area contributed by atoms with Crippen LogP contribution in [0.1, 0.15) is 99.4 Å². The number of amides is 9. The number of fused-ring (bicyclic) bond motifs is 4. The van der Waals surface area contributed by atoms with Gasteiger partial charge in [0.05, 0.1) is 12.1 Å². The molecular weight excluding hydrogens is 921 g/mol. The van der Waals surface area contributed by atoms with Crippen molar-refractivity contribution in [1.82, 2.24) is 49.8 Å². The number of aryl methyl sites for hydroxylation is 4. The fraction of sp³-hybridized carbons (Fsp3) is 0.458. The molecule has 6 N–H and O–H groups in total. The molecule has 2 unspecified atom stereocenters. The summed E-state index contributed by atoms with van der Waals surface area (Å²) in [6, 6.07) is 9.63. The minimum absolute atomic E-state index is 0. The van der Waals surface area contributed by atoms with Crippen LogP contribution in [0.5, 0.6) is 0 Å². The third-order valence-corrected chi connectivity index (χ3v) is 13.2. The maximum absolute atomic E-state index is 13.4. The number of likely N-dealkylation sites (tertiary alicyclic amines) is 1. The van der Waals surface area contributed by atoms with Crippen molar-refractivity contribution < 1.29 is 52.9 Å². The van der Waals surface area contributed by atoms with Crippen LogP contribution in [0.2, 0.25) is 0 Å². The van der Waals surface area contributed by atoms with Crippen LogP contribution in [0.15, 0.2) is 61.2 Å². The number of aromatic nitrogens is 4. The number of hydrogen-bond acceptors (Lipinski definition) is 13. The zero-order valence-electron chi connectivity index (χ0n) is 38.6. The smallest absolute Gasteiger partial charge is 0.418 e. The van der Waals surface area contributed by atoms with Crippen molar-refractivity contribution in [3.05, 3.63) is 95.1 Å². The van der Waals surface area contributed by atoms with Gasteiger partial charge in [0.15, 0.2) is 0 Å². The predicted molar refractivity (Wildman–Crippen MR) is 257 cm³/mol. The van der Waals surface area contributed by atoms with Crippen LogP contribution < -0.4 is 26.6 Å². The number of carboxylic acid groups (broad SMARTS) is 1. The number of imidazole rings is 2. The topological polar surface area (TPSA) is 281 Å². The average molecular weight is 983 g/mol. The lowest BCUT2D eigenvalue weighted by Gasteiger charge is -2.26. The Morgan fingerprint density at radius 1 is 0.732 bits per heavy atom. The number of carboxylic acids is 1. The van der Waals surface area contributed by atoms with Crippen molar-refractivity contribution in [1.29, 1.82) is 0 Å². The lowest BCUT2D eigenvalue weighted by atomic mass is 9.94. The normalized spacial score (nSPS) is 22.3. The number of ether oxygens (including phenoxy) is 2. The average Bonchev–Trinajstić information content (AvgIpc) is 4.21. The van der Waals surface area contributed by atoms with Crippen LogP contribution in [0.25, 0.3) is 0 Å². The number of hydrogen-bond donors (Lipinski definition) is 6. The third-order valence-electron chi connectivity index (χ3n) is 13.2. The van der Waals surface area contributed by atoms with E-state index in [1.807, 2.05) is 37.3 Å². The van der Waals surface area contributed by atoms with Crippen molar-refractivity contribution in [3.8, 4) is 0 Å². The van der Waals surface area contributed by atoms with E-state index in [-0.39, 0.29) is 51.8 Å². The lowest BCUT2D eigenvalue weighted by Crippen LogP contribution is -2.44. The highest BCUT2D eigenvalue weighted by Crippen LogP contribution is 2.47. The highest BCUT2D eigenvalue weighted by atomic mass is 16.6. The minimum Gasteiger partial charge on any atom is -0.480 e. The van der Waals surface area contributed by atoms with Crippen molar-refractivity contribution in [3.63, 3.8) is 0 Å². The number of aliphatic carboxylic acids is 1. The number of carbonyl (C=O) groups is 8. The molecule has 4 aromatic rings. The Labute approximate surface area is 410 Å². The first-order chi connectivity index (χ1) is 33.1. The number of nitrogens with zero attached hydrogens (tertiary/aromatic N) is 7. The van der Waals surface area contributed by atoms with Gasteiger partial charge in [-0.15, -0.1) is 0 Å². The highest BCUT2D eigenvalue weighted by Gasteiger charge is 2.60. The minimum atomic E-state index is -1.46. The largest absolute Gasteiger partial charge is 0.480 e. The first kappa shape index (κ1) is 52.5. The van der Waals surface area contributed by atoms with E-state index in [0.717, 1.165) is 41.2 Å². The Balaban J connectivity index is 0.000000193. The van der Waals surface area contributed by atoms with Crippen molar-refractivity contribution in [2.24, 2.45) is 14.1 Å². The molecule has 4 fully saturated rings. The number of benzene rings is 2. The third kappa shape index (κ3) is 10.1. The molecule has 9 amide bonds. The van der Waals surface area contributed by atoms with E-state index < -0.39 is 47.7 Å². The molecule has 71 heavy (non-hydrogen) atoms. The van der Waals surface area contributed by atoms with E-state index >= 15 is 0 Å². The summed E-state index contributed by atoms with van der Waals surface area (Å²) in [6.45, 7) is 0.580. The van der Waals surface area contributed by atoms with Crippen molar-refractivity contribution in [2.45, 2.75) is 89.5 Å². The van der Waals surface area contributed by atoms with Crippen molar-refractivity contribution >= 4 is 59.3 Å². The molecule has 10 rings (SSSR count). The Bertz CT molecular complexity index is 2710. The molecule has 4 aliphatic heterocycles. The Morgan fingerprint density at radius 2 is 1.24 bits per heavy atom. The molecule has 2 aromatic heterocycles. The first-order valence-electron chi connectivity index (χ1n) is 22.6. The van der Waals surface area contributed by atoms with Gasteiger partial charge in [-0.2, -0.15) is 0 Å². The molecule has 4 saturated heterocycles. The number of nitrogens with one attached hydrogen (secondary N) is 5. The van der Waals surface area contributed by atoms with E-state index in [1.54, 1.807) is 47.5 Å². The summed E-state index contributed by atoms with van der Waals surface area (Å²) in [4.78, 5) is 110. The monoisotopic (exact) mass is 982 g/mol. The summed E-state index contributed by atoms with van der Waals surface area (Å²) < 4.78 is 14.9. The number of anilines is 2. The lowest BCUT2D eigenvalue weighted by molar-refractivity contribution is -0.144. The molecule has 23 heteroatoms. The van der Waals surface area contributed by atoms with Crippen LogP contribution >= 0.6 is 0 Å². The molecule has 0 saturated carbocycles. The molecule has 2 aromatic carbocycles. The molecule has 6 heterocycles. The molecule has 6 aliphatic rings. The van der Waals surface area contributed by atoms with Gasteiger partial charge in [-0.3, -0.25) is 19.2 Å². The molecule has 23 nitrogen and oxygen atoms in total. The SMILES string of the molecule is C.C.CNC(=O)Nc1ccc2c(c1)CC[C@@]21OC(=O)N(CC(=O)N2CCCC2c2nccn2C)C1=O.CNC(=O)Nc1ccc2c(c1)CC[C@@]21OC(=O)N(CC(=O)O)C1=O.Cn1ccnc1C1CCCN1.